The summed E-state index contributed by atoms with van der Waals surface area (Å²) in [5.41, 5.74) is 2.87. The molecule has 2 aliphatic rings. The third kappa shape index (κ3) is 4.60. The Balaban J connectivity index is 1.85. The minimum atomic E-state index is -0.744. The quantitative estimate of drug-likeness (QED) is 0.385. The van der Waals surface area contributed by atoms with Crippen molar-refractivity contribution in [3.63, 3.8) is 0 Å². The molecule has 1 heterocycles. The maximum atomic E-state index is 14.7. The van der Waals surface area contributed by atoms with E-state index in [2.05, 4.69) is 6.58 Å². The maximum absolute atomic E-state index is 14.7. The lowest BCUT2D eigenvalue weighted by molar-refractivity contribution is 0.408. The zero-order valence-corrected chi connectivity index (χ0v) is 16.7. The molecule has 2 radical (unpaired) electrons. The van der Waals surface area contributed by atoms with Gasteiger partial charge in [-0.1, -0.05) is 50.1 Å². The highest BCUT2D eigenvalue weighted by Gasteiger charge is 2.24. The molecule has 1 aromatic rings. The summed E-state index contributed by atoms with van der Waals surface area (Å²) in [6.07, 6.45) is 13.0. The smallest absolute Gasteiger partial charge is 0.163 e. The first kappa shape index (κ1) is 20.1. The minimum absolute atomic E-state index is 0.426. The molecule has 1 aromatic heterocycles. The molecule has 1 saturated carbocycles. The first-order chi connectivity index (χ1) is 13.0. The number of hydrogen-bond donors (Lipinski definition) is 0. The van der Waals surface area contributed by atoms with Crippen LogP contribution in [0.4, 0.5) is 8.78 Å². The first-order valence-electron chi connectivity index (χ1n) is 9.66. The summed E-state index contributed by atoms with van der Waals surface area (Å²) >= 11 is 1.30. The van der Waals surface area contributed by atoms with Gasteiger partial charge in [0.05, 0.1) is 0 Å². The van der Waals surface area contributed by atoms with Gasteiger partial charge >= 0.3 is 0 Å². The standard InChI is InChI=1S/C23H25BF2S/c1-3-16(17-7-5-4-6-8-17)10-9-15(2)18-11-12-19(23(26)22(18)25)20-13-14-21(24)27-20/h3,9-10,13-14,17H,1,4-8,11-12H2,2H3/b15-9+,16-10+. The summed E-state index contributed by atoms with van der Waals surface area (Å²) in [4.78, 5) is 0.715. The van der Waals surface area contributed by atoms with Crippen LogP contribution in [-0.4, -0.2) is 7.85 Å². The van der Waals surface area contributed by atoms with Gasteiger partial charge in [0.25, 0.3) is 0 Å². The predicted octanol–water partition coefficient (Wildman–Crippen LogP) is 6.88. The van der Waals surface area contributed by atoms with Gasteiger partial charge in [0.15, 0.2) is 11.7 Å². The van der Waals surface area contributed by atoms with Crippen LogP contribution in [0.5, 0.6) is 0 Å². The van der Waals surface area contributed by atoms with Crippen molar-refractivity contribution in [2.45, 2.75) is 51.9 Å². The summed E-state index contributed by atoms with van der Waals surface area (Å²) < 4.78 is 30.0. The zero-order valence-electron chi connectivity index (χ0n) is 15.9. The first-order valence-corrected chi connectivity index (χ1v) is 10.5. The molecule has 27 heavy (non-hydrogen) atoms. The Morgan fingerprint density at radius 3 is 2.48 bits per heavy atom. The maximum Gasteiger partial charge on any atom is 0.163 e. The van der Waals surface area contributed by atoms with E-state index in [4.69, 9.17) is 7.85 Å². The molecule has 0 saturated heterocycles. The van der Waals surface area contributed by atoms with Crippen LogP contribution in [0.15, 0.2) is 65.3 Å². The van der Waals surface area contributed by atoms with E-state index in [-0.39, 0.29) is 0 Å². The number of thiophene rings is 1. The zero-order chi connectivity index (χ0) is 19.4. The van der Waals surface area contributed by atoms with Gasteiger partial charge in [0, 0.05) is 10.5 Å². The Bertz CT molecular complexity index is 832. The molecule has 0 bridgehead atoms. The van der Waals surface area contributed by atoms with Crippen molar-refractivity contribution in [2.24, 2.45) is 5.92 Å². The molecule has 2 aliphatic carbocycles. The lowest BCUT2D eigenvalue weighted by Crippen LogP contribution is -2.07. The van der Waals surface area contributed by atoms with E-state index in [1.807, 2.05) is 25.2 Å². The average Bonchev–Trinajstić information content (AvgIpc) is 3.11. The van der Waals surface area contributed by atoms with E-state index in [1.54, 1.807) is 12.1 Å². The number of halogens is 2. The minimum Gasteiger partial charge on any atom is -0.203 e. The van der Waals surface area contributed by atoms with Crippen LogP contribution in [0.1, 0.15) is 56.7 Å². The Kier molecular flexibility index (Phi) is 6.70. The van der Waals surface area contributed by atoms with Crippen LogP contribution < -0.4 is 4.78 Å². The molecule has 4 heteroatoms. The second-order valence-corrected chi connectivity index (χ2v) is 8.46. The van der Waals surface area contributed by atoms with Crippen molar-refractivity contribution in [2.75, 3.05) is 0 Å². The van der Waals surface area contributed by atoms with Crippen LogP contribution in [0.25, 0.3) is 5.57 Å². The molecule has 0 spiro atoms. The van der Waals surface area contributed by atoms with E-state index < -0.39 is 11.7 Å². The molecule has 0 aliphatic heterocycles. The van der Waals surface area contributed by atoms with Crippen LogP contribution >= 0.6 is 11.3 Å². The largest absolute Gasteiger partial charge is 0.203 e. The Hall–Kier alpha value is -1.68. The van der Waals surface area contributed by atoms with Crippen molar-refractivity contribution in [3.05, 3.63) is 70.2 Å². The highest BCUT2D eigenvalue weighted by Crippen LogP contribution is 2.41. The van der Waals surface area contributed by atoms with Gasteiger partial charge in [0.1, 0.15) is 7.85 Å². The van der Waals surface area contributed by atoms with Gasteiger partial charge in [-0.3, -0.25) is 0 Å². The third-order valence-corrected chi connectivity index (χ3v) is 6.56. The Morgan fingerprint density at radius 1 is 1.11 bits per heavy atom. The molecule has 0 aromatic carbocycles. The lowest BCUT2D eigenvalue weighted by atomic mass is 9.83. The predicted molar refractivity (Wildman–Crippen MR) is 114 cm³/mol. The van der Waals surface area contributed by atoms with Gasteiger partial charge in [-0.25, -0.2) is 8.78 Å². The second-order valence-electron chi connectivity index (χ2n) is 7.34. The molecule has 0 atom stereocenters. The number of rotatable bonds is 5. The third-order valence-electron chi connectivity index (χ3n) is 5.59. The number of allylic oxidation sites excluding steroid dienone is 9. The van der Waals surface area contributed by atoms with Crippen molar-refractivity contribution in [1.29, 1.82) is 0 Å². The van der Waals surface area contributed by atoms with Gasteiger partial charge in [-0.2, -0.15) is 11.3 Å². The van der Waals surface area contributed by atoms with Gasteiger partial charge in [0.2, 0.25) is 0 Å². The SMILES string of the molecule is [B]c1ccc(C2=C(F)C(F)=C(/C(C)=C/C=C(\C=C)C3CCCCC3)CC2)s1. The molecular weight excluding hydrogens is 357 g/mol. The fourth-order valence-corrected chi connectivity index (χ4v) is 4.82. The normalized spacial score (nSPS) is 20.4. The molecule has 0 N–H and O–H groups in total. The fourth-order valence-electron chi connectivity index (χ4n) is 3.98. The van der Waals surface area contributed by atoms with Crippen LogP contribution in [0, 0.1) is 5.92 Å². The molecule has 1 fully saturated rings. The highest BCUT2D eigenvalue weighted by atomic mass is 32.1. The summed E-state index contributed by atoms with van der Waals surface area (Å²) in [7, 11) is 5.73. The molecule has 3 rings (SSSR count). The van der Waals surface area contributed by atoms with Crippen molar-refractivity contribution < 1.29 is 8.78 Å². The Morgan fingerprint density at radius 2 is 1.85 bits per heavy atom. The fraction of sp³-hybridized carbons (Fsp3) is 0.391. The van der Waals surface area contributed by atoms with Gasteiger partial charge < -0.3 is 0 Å². The molecular formula is C23H25BF2S. The van der Waals surface area contributed by atoms with E-state index in [0.29, 0.717) is 39.6 Å². The van der Waals surface area contributed by atoms with E-state index >= 15 is 0 Å². The monoisotopic (exact) mass is 382 g/mol. The van der Waals surface area contributed by atoms with Gasteiger partial charge in [-0.05, 0) is 66.1 Å². The van der Waals surface area contributed by atoms with Gasteiger partial charge in [-0.15, -0.1) is 0 Å². The molecule has 140 valence electrons. The lowest BCUT2D eigenvalue weighted by Gasteiger charge is -2.22. The van der Waals surface area contributed by atoms with Crippen LogP contribution in [0.3, 0.4) is 0 Å². The van der Waals surface area contributed by atoms with E-state index in [0.717, 1.165) is 5.57 Å². The average molecular weight is 382 g/mol. The van der Waals surface area contributed by atoms with Crippen LogP contribution in [0.2, 0.25) is 0 Å². The van der Waals surface area contributed by atoms with Crippen molar-refractivity contribution in [1.82, 2.24) is 0 Å². The molecule has 0 nitrogen and oxygen atoms in total. The van der Waals surface area contributed by atoms with Crippen molar-refractivity contribution >= 4 is 29.5 Å². The summed E-state index contributed by atoms with van der Waals surface area (Å²) in [5, 5.41) is 0. The van der Waals surface area contributed by atoms with Crippen molar-refractivity contribution in [3.8, 4) is 0 Å². The van der Waals surface area contributed by atoms with Crippen LogP contribution in [-0.2, 0) is 0 Å². The molecule has 0 amide bonds. The van der Waals surface area contributed by atoms with E-state index in [9.17, 15) is 8.78 Å². The Labute approximate surface area is 166 Å². The van der Waals surface area contributed by atoms with E-state index in [1.165, 1.54) is 49.0 Å². The summed E-state index contributed by atoms with van der Waals surface area (Å²) in [5.74, 6) is -0.938. The molecule has 0 unspecified atom stereocenters. The summed E-state index contributed by atoms with van der Waals surface area (Å²) in [6.45, 7) is 5.79. The highest BCUT2D eigenvalue weighted by molar-refractivity contribution is 7.20. The summed E-state index contributed by atoms with van der Waals surface area (Å²) in [6, 6.07) is 3.49. The topological polar surface area (TPSA) is 0 Å². The number of hydrogen-bond acceptors (Lipinski definition) is 1. The second kappa shape index (κ2) is 9.01.